The van der Waals surface area contributed by atoms with Crippen LogP contribution in [0.2, 0.25) is 0 Å². The van der Waals surface area contributed by atoms with Gasteiger partial charge < -0.3 is 0 Å². The summed E-state index contributed by atoms with van der Waals surface area (Å²) in [6, 6.07) is 12.3. The molecule has 1 aromatic carbocycles. The summed E-state index contributed by atoms with van der Waals surface area (Å²) in [4.78, 5) is 12.7. The number of nitrogens with one attached hydrogen (secondary N) is 1. The van der Waals surface area contributed by atoms with E-state index < -0.39 is 0 Å². The molecule has 7 heteroatoms. The minimum absolute atomic E-state index is 0.286. The Morgan fingerprint density at radius 2 is 2.04 bits per heavy atom. The lowest BCUT2D eigenvalue weighted by Crippen LogP contribution is -2.17. The molecule has 0 atom stereocenters. The fourth-order valence-electron chi connectivity index (χ4n) is 2.39. The first-order valence-electron chi connectivity index (χ1n) is 7.70. The molecular weight excluding hydrogens is 339 g/mol. The van der Waals surface area contributed by atoms with Crippen molar-refractivity contribution in [2.24, 2.45) is 5.10 Å². The number of aryl methyl sites for hydroxylation is 2. The number of benzene rings is 1. The van der Waals surface area contributed by atoms with Crippen molar-refractivity contribution in [1.29, 1.82) is 0 Å². The number of hydrogen-bond donors (Lipinski definition) is 1. The van der Waals surface area contributed by atoms with Crippen LogP contribution in [-0.4, -0.2) is 21.9 Å². The summed E-state index contributed by atoms with van der Waals surface area (Å²) < 4.78 is 14.8. The molecule has 0 radical (unpaired) electrons. The van der Waals surface area contributed by atoms with Crippen LogP contribution < -0.4 is 5.43 Å². The summed E-state index contributed by atoms with van der Waals surface area (Å²) in [6.45, 7) is 4.63. The van der Waals surface area contributed by atoms with E-state index in [0.29, 0.717) is 17.0 Å². The number of amides is 1. The summed E-state index contributed by atoms with van der Waals surface area (Å²) in [6.07, 6.45) is 1.42. The van der Waals surface area contributed by atoms with Gasteiger partial charge in [0.05, 0.1) is 23.3 Å². The van der Waals surface area contributed by atoms with Crippen LogP contribution in [-0.2, 0) is 6.54 Å². The van der Waals surface area contributed by atoms with Crippen LogP contribution in [0.25, 0.3) is 0 Å². The Labute approximate surface area is 148 Å². The minimum atomic E-state index is -0.314. The van der Waals surface area contributed by atoms with Gasteiger partial charge in [0.2, 0.25) is 0 Å². The lowest BCUT2D eigenvalue weighted by molar-refractivity contribution is 0.0955. The molecule has 2 aromatic heterocycles. The highest BCUT2D eigenvalue weighted by Gasteiger charge is 2.06. The molecule has 0 fully saturated rings. The van der Waals surface area contributed by atoms with Crippen LogP contribution in [0.5, 0.6) is 0 Å². The second kappa shape index (κ2) is 7.40. The van der Waals surface area contributed by atoms with Crippen molar-refractivity contribution in [2.75, 3.05) is 0 Å². The molecule has 3 aromatic rings. The van der Waals surface area contributed by atoms with E-state index in [4.69, 9.17) is 0 Å². The summed E-state index contributed by atoms with van der Waals surface area (Å²) in [5, 5.41) is 7.98. The summed E-state index contributed by atoms with van der Waals surface area (Å²) in [5.74, 6) is -0.314. The molecule has 0 spiro atoms. The van der Waals surface area contributed by atoms with Crippen molar-refractivity contribution in [3.05, 3.63) is 75.0 Å². The number of hydrogen-bond acceptors (Lipinski definition) is 4. The number of thiophene rings is 1. The van der Waals surface area contributed by atoms with Crippen LogP contribution >= 0.6 is 11.3 Å². The molecule has 1 N–H and O–H groups in total. The summed E-state index contributed by atoms with van der Waals surface area (Å²) in [7, 11) is 0. The van der Waals surface area contributed by atoms with Gasteiger partial charge in [0, 0.05) is 11.3 Å². The maximum Gasteiger partial charge on any atom is 0.271 e. The molecule has 0 unspecified atom stereocenters. The number of carbonyl (C=O) groups is 1. The maximum absolute atomic E-state index is 12.9. The van der Waals surface area contributed by atoms with E-state index in [9.17, 15) is 9.18 Å². The van der Waals surface area contributed by atoms with Crippen LogP contribution in [0.3, 0.4) is 0 Å². The second-order valence-corrected chi connectivity index (χ2v) is 6.69. The van der Waals surface area contributed by atoms with Crippen molar-refractivity contribution in [3.63, 3.8) is 0 Å². The Kier molecular flexibility index (Phi) is 5.04. The molecular formula is C18H17FN4OS. The van der Waals surface area contributed by atoms with Gasteiger partial charge in [0.15, 0.2) is 5.13 Å². The van der Waals surface area contributed by atoms with Crippen molar-refractivity contribution >= 4 is 23.5 Å². The van der Waals surface area contributed by atoms with Gasteiger partial charge in [-0.05, 0) is 49.7 Å². The van der Waals surface area contributed by atoms with E-state index in [-0.39, 0.29) is 11.0 Å². The number of rotatable bonds is 5. The van der Waals surface area contributed by atoms with E-state index in [1.807, 2.05) is 36.7 Å². The largest absolute Gasteiger partial charge is 0.271 e. The number of nitrogens with zero attached hydrogens (tertiary/aromatic N) is 3. The molecule has 2 heterocycles. The molecule has 0 saturated heterocycles. The summed E-state index contributed by atoms with van der Waals surface area (Å²) in [5.41, 5.74) is 6.08. The van der Waals surface area contributed by atoms with Crippen molar-refractivity contribution in [3.8, 4) is 0 Å². The van der Waals surface area contributed by atoms with Gasteiger partial charge in [-0.1, -0.05) is 12.1 Å². The normalized spacial score (nSPS) is 11.2. The molecule has 0 bridgehead atoms. The molecule has 0 aliphatic carbocycles. The lowest BCUT2D eigenvalue weighted by atomic mass is 10.1. The highest BCUT2D eigenvalue weighted by molar-refractivity contribution is 7.12. The Balaban J connectivity index is 1.60. The third-order valence-electron chi connectivity index (χ3n) is 3.60. The average Bonchev–Trinajstić information content (AvgIpc) is 3.13. The second-order valence-electron chi connectivity index (χ2n) is 5.62. The Bertz CT molecular complexity index is 912. The summed E-state index contributed by atoms with van der Waals surface area (Å²) >= 11 is 0.965. The molecule has 5 nitrogen and oxygen atoms in total. The zero-order valence-electron chi connectivity index (χ0n) is 13.9. The predicted octanol–water partition coefficient (Wildman–Crippen LogP) is 3.51. The van der Waals surface area contributed by atoms with Crippen molar-refractivity contribution in [1.82, 2.24) is 15.2 Å². The topological polar surface area (TPSA) is 59.3 Å². The van der Waals surface area contributed by atoms with Gasteiger partial charge in [0.25, 0.3) is 5.91 Å². The molecule has 1 amide bonds. The number of aromatic nitrogens is 2. The maximum atomic E-state index is 12.9. The average molecular weight is 356 g/mol. The van der Waals surface area contributed by atoms with Crippen LogP contribution in [0, 0.1) is 19.0 Å². The number of hydrazone groups is 1. The molecule has 25 heavy (non-hydrogen) atoms. The minimum Gasteiger partial charge on any atom is -0.267 e. The standard InChI is InChI=1S/C18H17FN4OS/c1-12-9-13(2)23(22-12)11-14-3-5-15(6-4-14)18(24)21-20-10-16-7-8-17(19)25-16/h3-10H,11H2,1-2H3,(H,21,24)/b20-10-. The van der Waals surface area contributed by atoms with Crippen LogP contribution in [0.1, 0.15) is 32.2 Å². The van der Waals surface area contributed by atoms with E-state index in [1.165, 1.54) is 12.3 Å². The first-order chi connectivity index (χ1) is 12.0. The van der Waals surface area contributed by atoms with E-state index in [0.717, 1.165) is 28.3 Å². The predicted molar refractivity (Wildman–Crippen MR) is 96.6 cm³/mol. The molecule has 128 valence electrons. The molecule has 0 aliphatic heterocycles. The SMILES string of the molecule is Cc1cc(C)n(Cc2ccc(C(=O)N/N=C\c3ccc(F)s3)cc2)n1. The van der Waals surface area contributed by atoms with E-state index in [2.05, 4.69) is 15.6 Å². The molecule has 0 aliphatic rings. The van der Waals surface area contributed by atoms with E-state index in [1.54, 1.807) is 18.2 Å². The highest BCUT2D eigenvalue weighted by atomic mass is 32.1. The first-order valence-corrected chi connectivity index (χ1v) is 8.51. The molecule has 3 rings (SSSR count). The third kappa shape index (κ3) is 4.39. The van der Waals surface area contributed by atoms with E-state index >= 15 is 0 Å². The molecule has 0 saturated carbocycles. The Morgan fingerprint density at radius 3 is 2.64 bits per heavy atom. The monoisotopic (exact) mass is 356 g/mol. The van der Waals surface area contributed by atoms with Crippen LogP contribution in [0.4, 0.5) is 4.39 Å². The third-order valence-corrected chi connectivity index (χ3v) is 4.41. The van der Waals surface area contributed by atoms with Crippen molar-refractivity contribution in [2.45, 2.75) is 20.4 Å². The van der Waals surface area contributed by atoms with Gasteiger partial charge in [-0.3, -0.25) is 9.48 Å². The van der Waals surface area contributed by atoms with Gasteiger partial charge in [-0.25, -0.2) is 5.43 Å². The van der Waals surface area contributed by atoms with Crippen LogP contribution in [0.15, 0.2) is 47.6 Å². The fraction of sp³-hybridized carbons (Fsp3) is 0.167. The first kappa shape index (κ1) is 17.0. The van der Waals surface area contributed by atoms with Crippen molar-refractivity contribution < 1.29 is 9.18 Å². The Hall–Kier alpha value is -2.80. The number of halogens is 1. The fourth-order valence-corrected chi connectivity index (χ4v) is 2.99. The van der Waals surface area contributed by atoms with Gasteiger partial charge in [-0.15, -0.1) is 11.3 Å². The zero-order valence-corrected chi connectivity index (χ0v) is 14.7. The van der Waals surface area contributed by atoms with Gasteiger partial charge in [-0.2, -0.15) is 14.6 Å². The lowest BCUT2D eigenvalue weighted by Gasteiger charge is -2.06. The smallest absolute Gasteiger partial charge is 0.267 e. The highest BCUT2D eigenvalue weighted by Crippen LogP contribution is 2.12. The van der Waals surface area contributed by atoms with Gasteiger partial charge in [0.1, 0.15) is 0 Å². The quantitative estimate of drug-likeness (QED) is 0.562. The zero-order chi connectivity index (χ0) is 17.8. The van der Waals surface area contributed by atoms with Gasteiger partial charge >= 0.3 is 0 Å². The Morgan fingerprint density at radius 1 is 1.28 bits per heavy atom. The number of carbonyl (C=O) groups excluding carboxylic acids is 1.